The number of nitrogens with one attached hydrogen (secondary N) is 1. The monoisotopic (exact) mass is 406 g/mol. The van der Waals surface area contributed by atoms with E-state index in [1.807, 2.05) is 0 Å². The van der Waals surface area contributed by atoms with Gasteiger partial charge in [0.25, 0.3) is 5.69 Å². The zero-order valence-electron chi connectivity index (χ0n) is 10.8. The molecule has 1 aromatic carbocycles. The third kappa shape index (κ3) is 3.68. The highest BCUT2D eigenvalue weighted by Crippen LogP contribution is 2.36. The number of benzene rings is 1. The lowest BCUT2D eigenvalue weighted by atomic mass is 9.97. The van der Waals surface area contributed by atoms with Crippen molar-refractivity contribution in [1.29, 1.82) is 0 Å². The average Bonchev–Trinajstić information content (AvgIpc) is 2.42. The van der Waals surface area contributed by atoms with Crippen LogP contribution in [-0.2, 0) is 9.53 Å². The highest BCUT2D eigenvalue weighted by Gasteiger charge is 2.30. The number of methoxy groups -OCH3 is 1. The topological polar surface area (TPSA) is 119 Å². The summed E-state index contributed by atoms with van der Waals surface area (Å²) in [6.07, 6.45) is -0.109. The molecule has 0 aliphatic carbocycles. The van der Waals surface area contributed by atoms with Crippen LogP contribution in [0.4, 0.5) is 16.2 Å². The van der Waals surface area contributed by atoms with E-state index in [1.54, 1.807) is 22.6 Å². The van der Waals surface area contributed by atoms with E-state index in [4.69, 9.17) is 5.11 Å². The van der Waals surface area contributed by atoms with Crippen molar-refractivity contribution in [3.05, 3.63) is 44.0 Å². The minimum absolute atomic E-state index is 0.0358. The molecule has 0 fully saturated rings. The molecule has 0 saturated carbocycles. The van der Waals surface area contributed by atoms with Gasteiger partial charge in [-0.25, -0.2) is 4.79 Å². The van der Waals surface area contributed by atoms with Gasteiger partial charge in [0.1, 0.15) is 5.92 Å². The van der Waals surface area contributed by atoms with Gasteiger partial charge in [-0.2, -0.15) is 0 Å². The highest BCUT2D eigenvalue weighted by atomic mass is 127. The van der Waals surface area contributed by atoms with Crippen molar-refractivity contribution in [3.8, 4) is 0 Å². The molecule has 0 heterocycles. The molecule has 2 N–H and O–H groups in total. The van der Waals surface area contributed by atoms with E-state index < -0.39 is 22.9 Å². The summed E-state index contributed by atoms with van der Waals surface area (Å²) < 4.78 is 4.83. The summed E-state index contributed by atoms with van der Waals surface area (Å²) in [5.74, 6) is -1.80. The molecule has 0 aliphatic heterocycles. The summed E-state index contributed by atoms with van der Waals surface area (Å²) in [6.45, 7) is 3.48. The first kappa shape index (κ1) is 16.9. The van der Waals surface area contributed by atoms with E-state index in [1.165, 1.54) is 12.1 Å². The maximum atomic E-state index is 11.7. The van der Waals surface area contributed by atoms with Gasteiger partial charge in [0.15, 0.2) is 0 Å². The summed E-state index contributed by atoms with van der Waals surface area (Å²) in [4.78, 5) is 32.9. The molecule has 112 valence electrons. The Kier molecular flexibility index (Phi) is 5.64. The number of hydrogen-bond donors (Lipinski definition) is 2. The Balaban J connectivity index is 3.56. The van der Waals surface area contributed by atoms with E-state index in [2.05, 4.69) is 16.6 Å². The van der Waals surface area contributed by atoms with Crippen LogP contribution in [-0.4, -0.2) is 29.2 Å². The third-order valence-electron chi connectivity index (χ3n) is 2.60. The van der Waals surface area contributed by atoms with Crippen LogP contribution in [0.15, 0.2) is 24.8 Å². The molecule has 0 saturated heterocycles. The average molecular weight is 406 g/mol. The van der Waals surface area contributed by atoms with Crippen LogP contribution in [0.2, 0.25) is 0 Å². The number of esters is 1. The molecule has 0 aliphatic rings. The second-order valence-electron chi connectivity index (χ2n) is 3.78. The number of carbonyl (C=O) groups is 2. The number of rotatable bonds is 5. The minimum Gasteiger partial charge on any atom is -0.468 e. The molecule has 0 aromatic heterocycles. The fourth-order valence-electron chi connectivity index (χ4n) is 1.71. The zero-order chi connectivity index (χ0) is 16.2. The number of ether oxygens (including phenoxy) is 1. The SMILES string of the molecule is C=CC(C(=O)OC)c1c([N+](=O)[O-])ccc(NC(=O)O)c1I. The van der Waals surface area contributed by atoms with Gasteiger partial charge < -0.3 is 9.84 Å². The number of carboxylic acid groups (broad SMARTS) is 1. The number of hydrogen-bond acceptors (Lipinski definition) is 5. The van der Waals surface area contributed by atoms with Gasteiger partial charge in [-0.15, -0.1) is 6.58 Å². The molecule has 9 heteroatoms. The maximum absolute atomic E-state index is 11.7. The summed E-state index contributed by atoms with van der Waals surface area (Å²) in [5, 5.41) is 22.0. The van der Waals surface area contributed by atoms with Gasteiger partial charge in [0.05, 0.1) is 23.3 Å². The summed E-state index contributed by atoms with van der Waals surface area (Å²) >= 11 is 1.74. The number of nitro groups is 1. The standard InChI is InChI=1S/C12H11IN2O6/c1-3-6(11(16)21-2)9-8(15(19)20)5-4-7(10(9)13)14-12(17)18/h3-6,14H,1H2,2H3,(H,17,18). The van der Waals surface area contributed by atoms with E-state index in [-0.39, 0.29) is 20.5 Å². The molecule has 0 bridgehead atoms. The molecular formula is C12H11IN2O6. The molecular weight excluding hydrogens is 395 g/mol. The first-order valence-electron chi connectivity index (χ1n) is 5.50. The Bertz CT molecular complexity index is 616. The molecule has 1 rings (SSSR count). The number of nitrogens with zero attached hydrogens (tertiary/aromatic N) is 1. The lowest BCUT2D eigenvalue weighted by Crippen LogP contribution is -2.17. The Morgan fingerprint density at radius 3 is 2.62 bits per heavy atom. The van der Waals surface area contributed by atoms with Crippen LogP contribution < -0.4 is 5.32 Å². The summed E-state index contributed by atoms with van der Waals surface area (Å²) in [5.41, 5.74) is -0.140. The van der Waals surface area contributed by atoms with Crippen LogP contribution >= 0.6 is 22.6 Å². The Morgan fingerprint density at radius 2 is 2.19 bits per heavy atom. The maximum Gasteiger partial charge on any atom is 0.409 e. The van der Waals surface area contributed by atoms with Crippen LogP contribution in [0.25, 0.3) is 0 Å². The number of carbonyl (C=O) groups excluding carboxylic acids is 1. The molecule has 0 spiro atoms. The number of nitro benzene ring substituents is 1. The quantitative estimate of drug-likeness (QED) is 0.255. The second-order valence-corrected chi connectivity index (χ2v) is 4.86. The Hall–Kier alpha value is -2.17. The van der Waals surface area contributed by atoms with Gasteiger partial charge in [-0.05, 0) is 28.7 Å². The van der Waals surface area contributed by atoms with Gasteiger partial charge in [-0.3, -0.25) is 20.2 Å². The third-order valence-corrected chi connectivity index (χ3v) is 3.76. The Labute approximate surface area is 133 Å². The number of halogens is 1. The summed E-state index contributed by atoms with van der Waals surface area (Å²) in [7, 11) is 1.15. The predicted molar refractivity (Wildman–Crippen MR) is 82.4 cm³/mol. The number of anilines is 1. The first-order chi connectivity index (χ1) is 9.83. The van der Waals surface area contributed by atoms with E-state index in [0.717, 1.165) is 13.2 Å². The lowest BCUT2D eigenvalue weighted by Gasteiger charge is -2.15. The van der Waals surface area contributed by atoms with Gasteiger partial charge in [0.2, 0.25) is 0 Å². The normalized spacial score (nSPS) is 11.3. The van der Waals surface area contributed by atoms with Crippen molar-refractivity contribution < 1.29 is 24.4 Å². The molecule has 1 atom stereocenters. The minimum atomic E-state index is -1.32. The Morgan fingerprint density at radius 1 is 1.57 bits per heavy atom. The smallest absolute Gasteiger partial charge is 0.409 e. The zero-order valence-corrected chi connectivity index (χ0v) is 13.0. The lowest BCUT2D eigenvalue weighted by molar-refractivity contribution is -0.385. The molecule has 1 amide bonds. The van der Waals surface area contributed by atoms with Crippen molar-refractivity contribution in [1.82, 2.24) is 0 Å². The highest BCUT2D eigenvalue weighted by molar-refractivity contribution is 14.1. The molecule has 1 aromatic rings. The van der Waals surface area contributed by atoms with E-state index >= 15 is 0 Å². The first-order valence-corrected chi connectivity index (χ1v) is 6.58. The van der Waals surface area contributed by atoms with Crippen LogP contribution in [0, 0.1) is 13.7 Å². The molecule has 0 radical (unpaired) electrons. The molecule has 1 unspecified atom stereocenters. The predicted octanol–water partition coefficient (Wildman–Crippen LogP) is 2.73. The summed E-state index contributed by atoms with van der Waals surface area (Å²) in [6, 6.07) is 2.39. The van der Waals surface area contributed by atoms with Crippen LogP contribution in [0.1, 0.15) is 11.5 Å². The van der Waals surface area contributed by atoms with Crippen LogP contribution in [0.5, 0.6) is 0 Å². The van der Waals surface area contributed by atoms with Crippen molar-refractivity contribution in [2.75, 3.05) is 12.4 Å². The van der Waals surface area contributed by atoms with E-state index in [0.29, 0.717) is 0 Å². The van der Waals surface area contributed by atoms with Gasteiger partial charge >= 0.3 is 12.1 Å². The fraction of sp³-hybridized carbons (Fsp3) is 0.167. The van der Waals surface area contributed by atoms with Crippen molar-refractivity contribution in [3.63, 3.8) is 0 Å². The van der Waals surface area contributed by atoms with Crippen molar-refractivity contribution in [2.24, 2.45) is 0 Å². The largest absolute Gasteiger partial charge is 0.468 e. The second kappa shape index (κ2) is 7.02. The van der Waals surface area contributed by atoms with Crippen LogP contribution in [0.3, 0.4) is 0 Å². The fourth-order valence-corrected chi connectivity index (χ4v) is 2.63. The van der Waals surface area contributed by atoms with E-state index in [9.17, 15) is 19.7 Å². The molecule has 21 heavy (non-hydrogen) atoms. The number of amides is 1. The van der Waals surface area contributed by atoms with Gasteiger partial charge in [-0.1, -0.05) is 6.08 Å². The van der Waals surface area contributed by atoms with Crippen molar-refractivity contribution in [2.45, 2.75) is 5.92 Å². The van der Waals surface area contributed by atoms with Gasteiger partial charge in [0, 0.05) is 9.64 Å². The van der Waals surface area contributed by atoms with Crippen molar-refractivity contribution >= 4 is 46.0 Å². The molecule has 8 nitrogen and oxygen atoms in total.